The van der Waals surface area contributed by atoms with Gasteiger partial charge >= 0.3 is 5.97 Å². The van der Waals surface area contributed by atoms with Crippen LogP contribution in [0.25, 0.3) is 0 Å². The second-order valence-electron chi connectivity index (χ2n) is 6.95. The first-order chi connectivity index (χ1) is 15.4. The fraction of sp³-hybridized carbons (Fsp3) is 0.524. The third-order valence-corrected chi connectivity index (χ3v) is 5.20. The molecule has 0 saturated carbocycles. The number of carbonyl (C=O) groups excluding carboxylic acids is 3. The molecule has 1 aliphatic heterocycles. The van der Waals surface area contributed by atoms with Crippen molar-refractivity contribution in [3.8, 4) is 17.2 Å². The molecule has 2 N–H and O–H groups in total. The Hall–Kier alpha value is -3.08. The van der Waals surface area contributed by atoms with Crippen LogP contribution in [0.3, 0.4) is 0 Å². The molecule has 1 aromatic carbocycles. The second kappa shape index (κ2) is 12.1. The van der Waals surface area contributed by atoms with Crippen molar-refractivity contribution >= 4 is 35.1 Å². The van der Waals surface area contributed by atoms with Gasteiger partial charge in [-0.15, -0.1) is 0 Å². The standard InChI is InChI=1S/C21H29N3O7S/c1-5-6-9-31-17(25)12-14-20(27)22-7-8-24(14)21(32)23-19(26)13-10-15(28-2)18(30-4)16(11-13)29-3/h10-11,14H,5-9,12H2,1-4H3,(H,22,27)(H,23,26,32). The van der Waals surface area contributed by atoms with Crippen LogP contribution in [-0.2, 0) is 14.3 Å². The minimum atomic E-state index is -0.870. The molecule has 1 heterocycles. The van der Waals surface area contributed by atoms with E-state index in [1.165, 1.54) is 38.4 Å². The minimum absolute atomic E-state index is 0.0324. The summed E-state index contributed by atoms with van der Waals surface area (Å²) < 4.78 is 21.0. The van der Waals surface area contributed by atoms with Gasteiger partial charge in [-0.1, -0.05) is 13.3 Å². The first kappa shape index (κ1) is 25.2. The number of methoxy groups -OCH3 is 3. The number of nitrogens with zero attached hydrogens (tertiary/aromatic N) is 1. The number of benzene rings is 1. The van der Waals surface area contributed by atoms with Gasteiger partial charge in [-0.3, -0.25) is 19.7 Å². The monoisotopic (exact) mass is 467 g/mol. The maximum atomic E-state index is 12.8. The van der Waals surface area contributed by atoms with Gasteiger partial charge in [-0.05, 0) is 30.8 Å². The van der Waals surface area contributed by atoms with Crippen molar-refractivity contribution in [2.45, 2.75) is 32.2 Å². The molecule has 2 amide bonds. The van der Waals surface area contributed by atoms with E-state index < -0.39 is 17.9 Å². The van der Waals surface area contributed by atoms with Crippen LogP contribution in [-0.4, -0.2) is 74.9 Å². The molecule has 32 heavy (non-hydrogen) atoms. The van der Waals surface area contributed by atoms with Crippen LogP contribution in [0.4, 0.5) is 0 Å². The highest BCUT2D eigenvalue weighted by Gasteiger charge is 2.34. The van der Waals surface area contributed by atoms with Crippen LogP contribution < -0.4 is 24.8 Å². The average Bonchev–Trinajstić information content (AvgIpc) is 2.79. The molecule has 176 valence electrons. The number of unbranched alkanes of at least 4 members (excludes halogenated alkanes) is 1. The third kappa shape index (κ3) is 6.22. The Morgan fingerprint density at radius 3 is 2.41 bits per heavy atom. The zero-order chi connectivity index (χ0) is 23.7. The van der Waals surface area contributed by atoms with Gasteiger partial charge in [0.1, 0.15) is 6.04 Å². The quantitative estimate of drug-likeness (QED) is 0.315. The molecule has 0 spiro atoms. The second-order valence-corrected chi connectivity index (χ2v) is 7.34. The Morgan fingerprint density at radius 1 is 1.19 bits per heavy atom. The van der Waals surface area contributed by atoms with Crippen LogP contribution in [0.2, 0.25) is 0 Å². The molecule has 1 aliphatic rings. The van der Waals surface area contributed by atoms with Gasteiger partial charge in [0.25, 0.3) is 5.91 Å². The summed E-state index contributed by atoms with van der Waals surface area (Å²) in [6, 6.07) is 2.11. The van der Waals surface area contributed by atoms with Crippen molar-refractivity contribution in [3.63, 3.8) is 0 Å². The number of rotatable bonds is 9. The predicted octanol–water partition coefficient (Wildman–Crippen LogP) is 1.26. The van der Waals surface area contributed by atoms with E-state index >= 15 is 0 Å². The number of nitrogens with one attached hydrogen (secondary N) is 2. The smallest absolute Gasteiger partial charge is 0.308 e. The molecule has 0 radical (unpaired) electrons. The number of piperazine rings is 1. The lowest BCUT2D eigenvalue weighted by molar-refractivity contribution is -0.147. The molecule has 0 aromatic heterocycles. The van der Waals surface area contributed by atoms with Crippen molar-refractivity contribution < 1.29 is 33.3 Å². The molecule has 0 bridgehead atoms. The van der Waals surface area contributed by atoms with E-state index in [-0.39, 0.29) is 23.0 Å². The molecule has 1 saturated heterocycles. The third-order valence-electron chi connectivity index (χ3n) is 4.86. The molecule has 1 unspecified atom stereocenters. The lowest BCUT2D eigenvalue weighted by Gasteiger charge is -2.36. The highest BCUT2D eigenvalue weighted by molar-refractivity contribution is 7.80. The minimum Gasteiger partial charge on any atom is -0.493 e. The first-order valence-corrected chi connectivity index (χ1v) is 10.6. The van der Waals surface area contributed by atoms with Gasteiger partial charge in [0.2, 0.25) is 11.7 Å². The van der Waals surface area contributed by atoms with E-state index in [2.05, 4.69) is 10.6 Å². The van der Waals surface area contributed by atoms with E-state index in [1.807, 2.05) is 6.92 Å². The Morgan fingerprint density at radius 2 is 1.84 bits per heavy atom. The van der Waals surface area contributed by atoms with E-state index in [9.17, 15) is 14.4 Å². The maximum Gasteiger partial charge on any atom is 0.308 e. The van der Waals surface area contributed by atoms with Gasteiger partial charge in [0, 0.05) is 18.7 Å². The van der Waals surface area contributed by atoms with Crippen molar-refractivity contribution in [1.29, 1.82) is 0 Å². The Balaban J connectivity index is 2.14. The Labute approximate surface area is 192 Å². The Bertz CT molecular complexity index is 837. The van der Waals surface area contributed by atoms with Crippen LogP contribution in [0.1, 0.15) is 36.5 Å². The van der Waals surface area contributed by atoms with E-state index in [0.717, 1.165) is 12.8 Å². The number of hydrogen-bond donors (Lipinski definition) is 2. The van der Waals surface area contributed by atoms with Gasteiger partial charge < -0.3 is 29.2 Å². The molecule has 1 fully saturated rings. The maximum absolute atomic E-state index is 12.8. The number of amides is 2. The van der Waals surface area contributed by atoms with E-state index in [1.54, 1.807) is 0 Å². The molecular weight excluding hydrogens is 438 g/mol. The van der Waals surface area contributed by atoms with Crippen molar-refractivity contribution in [2.75, 3.05) is 41.0 Å². The first-order valence-electron chi connectivity index (χ1n) is 10.2. The number of carbonyl (C=O) groups is 3. The highest BCUT2D eigenvalue weighted by Crippen LogP contribution is 2.38. The largest absolute Gasteiger partial charge is 0.493 e. The van der Waals surface area contributed by atoms with Crippen LogP contribution in [0.5, 0.6) is 17.2 Å². The van der Waals surface area contributed by atoms with Gasteiger partial charge in [-0.2, -0.15) is 0 Å². The van der Waals surface area contributed by atoms with E-state index in [4.69, 9.17) is 31.2 Å². The molecule has 0 aliphatic carbocycles. The van der Waals surface area contributed by atoms with Crippen molar-refractivity contribution in [3.05, 3.63) is 17.7 Å². The van der Waals surface area contributed by atoms with Crippen molar-refractivity contribution in [2.24, 2.45) is 0 Å². The molecule has 1 atom stereocenters. The van der Waals surface area contributed by atoms with Gasteiger partial charge in [0.05, 0.1) is 34.4 Å². The van der Waals surface area contributed by atoms with Crippen LogP contribution in [0, 0.1) is 0 Å². The molecule has 11 heteroatoms. The van der Waals surface area contributed by atoms with Crippen LogP contribution >= 0.6 is 12.2 Å². The normalized spacial score (nSPS) is 15.4. The summed E-state index contributed by atoms with van der Waals surface area (Å²) in [5.74, 6) is -0.397. The fourth-order valence-electron chi connectivity index (χ4n) is 3.16. The SMILES string of the molecule is CCCCOC(=O)CC1C(=O)NCCN1C(=S)NC(=O)c1cc(OC)c(OC)c(OC)c1. The fourth-order valence-corrected chi connectivity index (χ4v) is 3.47. The summed E-state index contributed by atoms with van der Waals surface area (Å²) in [4.78, 5) is 38.9. The molecule has 1 aromatic rings. The molecule has 2 rings (SSSR count). The van der Waals surface area contributed by atoms with Crippen molar-refractivity contribution in [1.82, 2.24) is 15.5 Å². The van der Waals surface area contributed by atoms with E-state index in [0.29, 0.717) is 36.9 Å². The topological polar surface area (TPSA) is 115 Å². The summed E-state index contributed by atoms with van der Waals surface area (Å²) >= 11 is 5.39. The summed E-state index contributed by atoms with van der Waals surface area (Å²) in [7, 11) is 4.35. The lowest BCUT2D eigenvalue weighted by Crippen LogP contribution is -2.60. The van der Waals surface area contributed by atoms with Gasteiger partial charge in [0.15, 0.2) is 16.6 Å². The average molecular weight is 468 g/mol. The number of hydrogen-bond acceptors (Lipinski definition) is 8. The number of esters is 1. The zero-order valence-electron chi connectivity index (χ0n) is 18.7. The summed E-state index contributed by atoms with van der Waals surface area (Å²) in [6.07, 6.45) is 1.46. The zero-order valence-corrected chi connectivity index (χ0v) is 19.5. The summed E-state index contributed by atoms with van der Waals surface area (Å²) in [6.45, 7) is 2.96. The number of thiocarbonyl (C=S) groups is 1. The predicted molar refractivity (Wildman–Crippen MR) is 120 cm³/mol. The molecule has 10 nitrogen and oxygen atoms in total. The van der Waals surface area contributed by atoms with Crippen LogP contribution in [0.15, 0.2) is 12.1 Å². The lowest BCUT2D eigenvalue weighted by atomic mass is 10.1. The van der Waals surface area contributed by atoms with Gasteiger partial charge in [-0.25, -0.2) is 0 Å². The summed E-state index contributed by atoms with van der Waals surface area (Å²) in [5, 5.41) is 5.36. The molecular formula is C21H29N3O7S. The highest BCUT2D eigenvalue weighted by atomic mass is 32.1. The Kier molecular flexibility index (Phi) is 9.51. The number of ether oxygens (including phenoxy) is 4. The summed E-state index contributed by atoms with van der Waals surface area (Å²) in [5.41, 5.74) is 0.221.